The topological polar surface area (TPSA) is 103 Å². The molecule has 1 aliphatic heterocycles. The molecule has 1 unspecified atom stereocenters. The summed E-state index contributed by atoms with van der Waals surface area (Å²) in [5.74, 6) is 1.42. The van der Waals surface area contributed by atoms with Crippen molar-refractivity contribution in [2.24, 2.45) is 0 Å². The maximum absolute atomic E-state index is 12.1. The average Bonchev–Trinajstić information content (AvgIpc) is 3.46. The van der Waals surface area contributed by atoms with E-state index < -0.39 is 0 Å². The molecule has 0 radical (unpaired) electrons. The Balaban J connectivity index is 1.22. The Morgan fingerprint density at radius 2 is 2.14 bits per heavy atom. The van der Waals surface area contributed by atoms with Gasteiger partial charge in [0.15, 0.2) is 5.82 Å². The summed E-state index contributed by atoms with van der Waals surface area (Å²) in [5.41, 5.74) is 1.56. The third kappa shape index (κ3) is 5.29. The van der Waals surface area contributed by atoms with Crippen LogP contribution in [0.3, 0.4) is 0 Å². The molecule has 1 aliphatic rings. The maximum Gasteiger partial charge on any atom is 0.319 e. The van der Waals surface area contributed by atoms with E-state index in [0.717, 1.165) is 30.8 Å². The number of rotatable bonds is 7. The minimum absolute atomic E-state index is 0.179. The Labute approximate surface area is 168 Å². The summed E-state index contributed by atoms with van der Waals surface area (Å²) < 4.78 is 12.8. The van der Waals surface area contributed by atoms with Gasteiger partial charge in [0.25, 0.3) is 0 Å². The van der Waals surface area contributed by atoms with Gasteiger partial charge in [0.05, 0.1) is 6.10 Å². The predicted molar refractivity (Wildman–Crippen MR) is 106 cm³/mol. The summed E-state index contributed by atoms with van der Waals surface area (Å²) in [7, 11) is 0. The zero-order valence-corrected chi connectivity index (χ0v) is 15.8. The summed E-state index contributed by atoms with van der Waals surface area (Å²) >= 11 is 0. The third-order valence-electron chi connectivity index (χ3n) is 4.49. The highest BCUT2D eigenvalue weighted by Crippen LogP contribution is 2.18. The molecular formula is C20H22N6O3. The SMILES string of the molecule is O=C(NCc1ccc(-n2cncn2)nc1)Nc1ccc(OCC2CCCO2)cc1. The lowest BCUT2D eigenvalue weighted by molar-refractivity contribution is 0.0679. The number of benzene rings is 1. The number of anilines is 1. The van der Waals surface area contributed by atoms with Crippen molar-refractivity contribution in [1.82, 2.24) is 25.1 Å². The standard InChI is InChI=1S/C20H22N6O3/c27-20(23-11-15-3-8-19(22-10-15)26-14-21-13-24-26)25-16-4-6-17(7-5-16)29-12-18-2-1-9-28-18/h3-8,10,13-14,18H,1-2,9,11-12H2,(H2,23,25,27). The second kappa shape index (κ2) is 9.16. The summed E-state index contributed by atoms with van der Waals surface area (Å²) in [4.78, 5) is 20.3. The fourth-order valence-corrected chi connectivity index (χ4v) is 2.94. The Kier molecular flexibility index (Phi) is 5.96. The largest absolute Gasteiger partial charge is 0.491 e. The number of nitrogens with zero attached hydrogens (tertiary/aromatic N) is 4. The van der Waals surface area contributed by atoms with Gasteiger partial charge >= 0.3 is 6.03 Å². The van der Waals surface area contributed by atoms with Crippen LogP contribution in [0.15, 0.2) is 55.2 Å². The highest BCUT2D eigenvalue weighted by Gasteiger charge is 2.15. The van der Waals surface area contributed by atoms with Gasteiger partial charge in [-0.2, -0.15) is 5.10 Å². The van der Waals surface area contributed by atoms with E-state index in [1.807, 2.05) is 24.3 Å². The van der Waals surface area contributed by atoms with Crippen LogP contribution in [0, 0.1) is 0 Å². The Hall–Kier alpha value is -3.46. The van der Waals surface area contributed by atoms with E-state index in [4.69, 9.17) is 9.47 Å². The molecule has 9 heteroatoms. The fraction of sp³-hybridized carbons (Fsp3) is 0.300. The highest BCUT2D eigenvalue weighted by atomic mass is 16.5. The van der Waals surface area contributed by atoms with E-state index in [1.54, 1.807) is 29.3 Å². The molecule has 150 valence electrons. The minimum atomic E-state index is -0.293. The smallest absolute Gasteiger partial charge is 0.319 e. The van der Waals surface area contributed by atoms with Crippen LogP contribution in [0.5, 0.6) is 5.75 Å². The van der Waals surface area contributed by atoms with Gasteiger partial charge in [0.1, 0.15) is 25.0 Å². The highest BCUT2D eigenvalue weighted by molar-refractivity contribution is 5.89. The Bertz CT molecular complexity index is 906. The molecule has 0 aliphatic carbocycles. The summed E-state index contributed by atoms with van der Waals surface area (Å²) in [6, 6.07) is 10.7. The van der Waals surface area contributed by atoms with Gasteiger partial charge in [-0.3, -0.25) is 0 Å². The molecule has 9 nitrogen and oxygen atoms in total. The van der Waals surface area contributed by atoms with E-state index in [0.29, 0.717) is 24.7 Å². The van der Waals surface area contributed by atoms with Gasteiger partial charge in [-0.25, -0.2) is 19.4 Å². The van der Waals surface area contributed by atoms with Crippen LogP contribution in [-0.4, -0.2) is 45.1 Å². The van der Waals surface area contributed by atoms with Crippen LogP contribution in [0.25, 0.3) is 5.82 Å². The number of hydrogen-bond donors (Lipinski definition) is 2. The Morgan fingerprint density at radius 3 is 2.83 bits per heavy atom. The zero-order valence-electron chi connectivity index (χ0n) is 15.8. The molecular weight excluding hydrogens is 372 g/mol. The van der Waals surface area contributed by atoms with E-state index in [2.05, 4.69) is 25.7 Å². The van der Waals surface area contributed by atoms with Crippen molar-refractivity contribution in [3.05, 3.63) is 60.8 Å². The lowest BCUT2D eigenvalue weighted by Gasteiger charge is -2.12. The molecule has 3 aromatic rings. The summed E-state index contributed by atoms with van der Waals surface area (Å²) in [6.07, 6.45) is 7.03. The molecule has 0 spiro atoms. The van der Waals surface area contributed by atoms with Crippen LogP contribution >= 0.6 is 0 Å². The number of hydrogen-bond acceptors (Lipinski definition) is 6. The van der Waals surface area contributed by atoms with Crippen molar-refractivity contribution in [2.75, 3.05) is 18.5 Å². The van der Waals surface area contributed by atoms with Gasteiger partial charge in [0, 0.05) is 25.0 Å². The molecule has 2 aromatic heterocycles. The van der Waals surface area contributed by atoms with Crippen molar-refractivity contribution >= 4 is 11.7 Å². The lowest BCUT2D eigenvalue weighted by Crippen LogP contribution is -2.28. The molecule has 0 saturated carbocycles. The van der Waals surface area contributed by atoms with E-state index in [1.165, 1.54) is 6.33 Å². The van der Waals surface area contributed by atoms with Gasteiger partial charge in [0.2, 0.25) is 0 Å². The molecule has 1 aromatic carbocycles. The molecule has 3 heterocycles. The number of aromatic nitrogens is 4. The number of carbonyl (C=O) groups excluding carboxylic acids is 1. The molecule has 1 fully saturated rings. The van der Waals surface area contributed by atoms with Crippen LogP contribution in [-0.2, 0) is 11.3 Å². The predicted octanol–water partition coefficient (Wildman–Crippen LogP) is 2.54. The van der Waals surface area contributed by atoms with Crippen molar-refractivity contribution in [2.45, 2.75) is 25.5 Å². The number of ether oxygens (including phenoxy) is 2. The van der Waals surface area contributed by atoms with Crippen molar-refractivity contribution in [3.63, 3.8) is 0 Å². The first kappa shape index (κ1) is 18.9. The van der Waals surface area contributed by atoms with Gasteiger partial charge in [-0.05, 0) is 48.7 Å². The number of urea groups is 1. The van der Waals surface area contributed by atoms with Gasteiger partial charge < -0.3 is 20.1 Å². The minimum Gasteiger partial charge on any atom is -0.491 e. The monoisotopic (exact) mass is 394 g/mol. The average molecular weight is 394 g/mol. The first-order valence-electron chi connectivity index (χ1n) is 9.45. The lowest BCUT2D eigenvalue weighted by atomic mass is 10.2. The molecule has 2 amide bonds. The quantitative estimate of drug-likeness (QED) is 0.638. The van der Waals surface area contributed by atoms with E-state index in [9.17, 15) is 4.79 Å². The van der Waals surface area contributed by atoms with Crippen molar-refractivity contribution < 1.29 is 14.3 Å². The first-order chi connectivity index (χ1) is 14.3. The van der Waals surface area contributed by atoms with Crippen LogP contribution in [0.4, 0.5) is 10.5 Å². The number of nitrogens with one attached hydrogen (secondary N) is 2. The van der Waals surface area contributed by atoms with Crippen LogP contribution < -0.4 is 15.4 Å². The third-order valence-corrected chi connectivity index (χ3v) is 4.49. The maximum atomic E-state index is 12.1. The number of amides is 2. The normalized spacial score (nSPS) is 15.8. The number of pyridine rings is 1. The van der Waals surface area contributed by atoms with Crippen molar-refractivity contribution in [3.8, 4) is 11.6 Å². The summed E-state index contributed by atoms with van der Waals surface area (Å²) in [6.45, 7) is 1.73. The molecule has 1 saturated heterocycles. The number of carbonyl (C=O) groups is 1. The van der Waals surface area contributed by atoms with E-state index in [-0.39, 0.29) is 12.1 Å². The van der Waals surface area contributed by atoms with Gasteiger partial charge in [-0.1, -0.05) is 6.07 Å². The van der Waals surface area contributed by atoms with Crippen LogP contribution in [0.2, 0.25) is 0 Å². The molecule has 4 rings (SSSR count). The fourth-order valence-electron chi connectivity index (χ4n) is 2.94. The van der Waals surface area contributed by atoms with Crippen LogP contribution in [0.1, 0.15) is 18.4 Å². The Morgan fingerprint density at radius 1 is 1.24 bits per heavy atom. The molecule has 0 bridgehead atoms. The summed E-state index contributed by atoms with van der Waals surface area (Å²) in [5, 5.41) is 9.63. The van der Waals surface area contributed by atoms with Crippen molar-refractivity contribution in [1.29, 1.82) is 0 Å². The molecule has 1 atom stereocenters. The molecule has 2 N–H and O–H groups in total. The second-order valence-corrected chi connectivity index (χ2v) is 6.64. The first-order valence-corrected chi connectivity index (χ1v) is 9.45. The molecule has 29 heavy (non-hydrogen) atoms. The zero-order chi connectivity index (χ0) is 19.9. The van der Waals surface area contributed by atoms with Gasteiger partial charge in [-0.15, -0.1) is 0 Å². The van der Waals surface area contributed by atoms with E-state index >= 15 is 0 Å². The second-order valence-electron chi connectivity index (χ2n) is 6.64.